The Hall–Kier alpha value is -2.36. The van der Waals surface area contributed by atoms with Crippen LogP contribution in [0.1, 0.15) is 102 Å². The molecule has 0 amide bonds. The van der Waals surface area contributed by atoms with E-state index in [-0.39, 0.29) is 11.6 Å². The van der Waals surface area contributed by atoms with Gasteiger partial charge in [0.1, 0.15) is 11.3 Å². The molecular formula is C28H40O4. The molecule has 0 N–H and O–H groups in total. The molecule has 0 aliphatic rings. The van der Waals surface area contributed by atoms with E-state index in [1.807, 2.05) is 0 Å². The van der Waals surface area contributed by atoms with Gasteiger partial charge in [-0.3, -0.25) is 4.79 Å². The maximum Gasteiger partial charge on any atom is 0.339 e. The molecule has 1 aromatic heterocycles. The van der Waals surface area contributed by atoms with Crippen LogP contribution in [-0.4, -0.2) is 5.97 Å². The zero-order valence-corrected chi connectivity index (χ0v) is 20.0. The zero-order chi connectivity index (χ0) is 23.0. The fraction of sp³-hybridized carbons (Fsp3) is 0.571. The summed E-state index contributed by atoms with van der Waals surface area (Å²) in [5.74, 6) is 0.179. The highest BCUT2D eigenvalue weighted by atomic mass is 16.5. The van der Waals surface area contributed by atoms with Gasteiger partial charge in [0.15, 0.2) is 0 Å². The molecule has 2 aromatic rings. The second kappa shape index (κ2) is 15.4. The number of benzene rings is 1. The van der Waals surface area contributed by atoms with Gasteiger partial charge in [-0.1, -0.05) is 70.4 Å². The van der Waals surface area contributed by atoms with E-state index in [0.717, 1.165) is 31.1 Å². The summed E-state index contributed by atoms with van der Waals surface area (Å²) in [6.45, 7) is 3.97. The fourth-order valence-electron chi connectivity index (χ4n) is 3.78. The first kappa shape index (κ1) is 25.9. The van der Waals surface area contributed by atoms with Crippen LogP contribution in [0.15, 0.2) is 45.6 Å². The van der Waals surface area contributed by atoms with Crippen molar-refractivity contribution in [1.29, 1.82) is 0 Å². The third-order valence-corrected chi connectivity index (χ3v) is 5.76. The maximum atomic E-state index is 12.1. The molecule has 4 nitrogen and oxygen atoms in total. The van der Waals surface area contributed by atoms with Gasteiger partial charge in [0.05, 0.1) is 0 Å². The summed E-state index contributed by atoms with van der Waals surface area (Å²) in [4.78, 5) is 23.7. The van der Waals surface area contributed by atoms with E-state index in [2.05, 4.69) is 19.1 Å². The van der Waals surface area contributed by atoms with Gasteiger partial charge < -0.3 is 9.15 Å². The topological polar surface area (TPSA) is 56.5 Å². The van der Waals surface area contributed by atoms with E-state index in [4.69, 9.17) is 9.15 Å². The molecule has 1 aromatic carbocycles. The standard InChI is InChI=1S/C28H40O4/c1-3-4-5-6-7-8-9-10-11-12-13-14-15-16-17-18-27(29)31-25-20-19-24-21-23(2)28(30)32-26(24)22-25/h10-11,19-22H,3-9,12-18H2,1-2H3/b11-10-. The molecule has 2 rings (SSSR count). The van der Waals surface area contributed by atoms with Crippen molar-refractivity contribution in [2.45, 2.75) is 104 Å². The Bertz CT molecular complexity index is 894. The summed E-state index contributed by atoms with van der Waals surface area (Å²) in [5, 5.41) is 0.819. The molecule has 0 saturated heterocycles. The van der Waals surface area contributed by atoms with Crippen LogP contribution in [0.3, 0.4) is 0 Å². The van der Waals surface area contributed by atoms with Gasteiger partial charge in [0.25, 0.3) is 0 Å². The molecule has 0 aliphatic heterocycles. The Kier molecular flexibility index (Phi) is 12.5. The predicted molar refractivity (Wildman–Crippen MR) is 132 cm³/mol. The monoisotopic (exact) mass is 440 g/mol. The van der Waals surface area contributed by atoms with E-state index in [1.54, 1.807) is 31.2 Å². The average Bonchev–Trinajstić information content (AvgIpc) is 2.77. The minimum atomic E-state index is -0.366. The number of rotatable bonds is 16. The summed E-state index contributed by atoms with van der Waals surface area (Å²) in [6.07, 6.45) is 21.1. The number of unbranched alkanes of at least 4 members (excludes halogenated alkanes) is 11. The van der Waals surface area contributed by atoms with Crippen molar-refractivity contribution < 1.29 is 13.9 Å². The van der Waals surface area contributed by atoms with E-state index in [0.29, 0.717) is 23.3 Å². The number of hydrogen-bond acceptors (Lipinski definition) is 4. The Morgan fingerprint density at radius 3 is 2.19 bits per heavy atom. The van der Waals surface area contributed by atoms with Gasteiger partial charge >= 0.3 is 11.6 Å². The molecule has 0 spiro atoms. The second-order valence-electron chi connectivity index (χ2n) is 8.72. The summed E-state index contributed by atoms with van der Waals surface area (Å²) in [7, 11) is 0. The van der Waals surface area contributed by atoms with E-state index in [1.165, 1.54) is 57.8 Å². The van der Waals surface area contributed by atoms with Crippen LogP contribution in [0.5, 0.6) is 5.75 Å². The number of esters is 1. The van der Waals surface area contributed by atoms with Crippen LogP contribution in [-0.2, 0) is 4.79 Å². The Morgan fingerprint density at radius 1 is 0.875 bits per heavy atom. The highest BCUT2D eigenvalue weighted by molar-refractivity contribution is 5.80. The van der Waals surface area contributed by atoms with Crippen LogP contribution < -0.4 is 10.4 Å². The van der Waals surface area contributed by atoms with Gasteiger partial charge in [-0.05, 0) is 57.2 Å². The first-order valence-corrected chi connectivity index (χ1v) is 12.5. The Balaban J connectivity index is 1.49. The molecular weight excluding hydrogens is 400 g/mol. The molecule has 0 fully saturated rings. The van der Waals surface area contributed by atoms with Crippen LogP contribution in [0.4, 0.5) is 0 Å². The molecule has 0 atom stereocenters. The van der Waals surface area contributed by atoms with Gasteiger partial charge in [-0.25, -0.2) is 4.79 Å². The molecule has 4 heteroatoms. The molecule has 0 bridgehead atoms. The molecule has 32 heavy (non-hydrogen) atoms. The summed E-state index contributed by atoms with van der Waals surface area (Å²) in [6, 6.07) is 6.92. The van der Waals surface area contributed by atoms with Gasteiger partial charge in [0, 0.05) is 23.4 Å². The molecule has 0 aliphatic carbocycles. The predicted octanol–water partition coefficient (Wildman–Crippen LogP) is 8.04. The molecule has 176 valence electrons. The SMILES string of the molecule is CCCCCCCC/C=C\CCCCCCCC(=O)Oc1ccc2cc(C)c(=O)oc2c1. The summed E-state index contributed by atoms with van der Waals surface area (Å²) >= 11 is 0. The summed E-state index contributed by atoms with van der Waals surface area (Å²) < 4.78 is 10.7. The second-order valence-corrected chi connectivity index (χ2v) is 8.72. The molecule has 0 saturated carbocycles. The number of hydrogen-bond donors (Lipinski definition) is 0. The lowest BCUT2D eigenvalue weighted by molar-refractivity contribution is -0.134. The van der Waals surface area contributed by atoms with Crippen molar-refractivity contribution in [2.24, 2.45) is 0 Å². The van der Waals surface area contributed by atoms with Crippen LogP contribution >= 0.6 is 0 Å². The molecule has 1 heterocycles. The number of carbonyl (C=O) groups is 1. The van der Waals surface area contributed by atoms with E-state index < -0.39 is 0 Å². The van der Waals surface area contributed by atoms with Crippen LogP contribution in [0.25, 0.3) is 11.0 Å². The lowest BCUT2D eigenvalue weighted by atomic mass is 10.1. The normalized spacial score (nSPS) is 11.4. The molecule has 0 unspecified atom stereocenters. The summed E-state index contributed by atoms with van der Waals surface area (Å²) in [5.41, 5.74) is 0.632. The number of allylic oxidation sites excluding steroid dienone is 2. The first-order valence-electron chi connectivity index (χ1n) is 12.5. The third-order valence-electron chi connectivity index (χ3n) is 5.76. The first-order chi connectivity index (χ1) is 15.6. The highest BCUT2D eigenvalue weighted by Crippen LogP contribution is 2.21. The number of ether oxygens (including phenoxy) is 1. The van der Waals surface area contributed by atoms with Crippen molar-refractivity contribution in [3.05, 3.63) is 52.4 Å². The van der Waals surface area contributed by atoms with Crippen molar-refractivity contribution in [2.75, 3.05) is 0 Å². The number of aryl methyl sites for hydroxylation is 1. The lowest BCUT2D eigenvalue weighted by Gasteiger charge is -2.06. The van der Waals surface area contributed by atoms with Crippen LogP contribution in [0.2, 0.25) is 0 Å². The number of carbonyl (C=O) groups excluding carboxylic acids is 1. The largest absolute Gasteiger partial charge is 0.426 e. The van der Waals surface area contributed by atoms with Crippen molar-refractivity contribution in [3.8, 4) is 5.75 Å². The van der Waals surface area contributed by atoms with Crippen molar-refractivity contribution >= 4 is 16.9 Å². The minimum Gasteiger partial charge on any atom is -0.426 e. The Morgan fingerprint density at radius 2 is 1.50 bits per heavy atom. The van der Waals surface area contributed by atoms with Gasteiger partial charge in [-0.15, -0.1) is 0 Å². The maximum absolute atomic E-state index is 12.1. The zero-order valence-electron chi connectivity index (χ0n) is 20.0. The fourth-order valence-corrected chi connectivity index (χ4v) is 3.78. The molecule has 0 radical (unpaired) electrons. The Labute approximate surface area is 193 Å². The van der Waals surface area contributed by atoms with Crippen LogP contribution in [0, 0.1) is 6.92 Å². The number of fused-ring (bicyclic) bond motifs is 1. The van der Waals surface area contributed by atoms with Gasteiger partial charge in [0.2, 0.25) is 0 Å². The lowest BCUT2D eigenvalue weighted by Crippen LogP contribution is -2.08. The smallest absolute Gasteiger partial charge is 0.339 e. The van der Waals surface area contributed by atoms with E-state index in [9.17, 15) is 9.59 Å². The highest BCUT2D eigenvalue weighted by Gasteiger charge is 2.08. The third kappa shape index (κ3) is 10.3. The van der Waals surface area contributed by atoms with Crippen molar-refractivity contribution in [1.82, 2.24) is 0 Å². The van der Waals surface area contributed by atoms with Crippen molar-refractivity contribution in [3.63, 3.8) is 0 Å². The minimum absolute atomic E-state index is 0.239. The van der Waals surface area contributed by atoms with Gasteiger partial charge in [-0.2, -0.15) is 0 Å². The average molecular weight is 441 g/mol. The van der Waals surface area contributed by atoms with E-state index >= 15 is 0 Å². The quantitative estimate of drug-likeness (QED) is 0.0871.